The van der Waals surface area contributed by atoms with Gasteiger partial charge in [-0.1, -0.05) is 18.2 Å². The fraction of sp³-hybridized carbons (Fsp3) is 0.235. The van der Waals surface area contributed by atoms with Crippen LogP contribution in [-0.2, 0) is 11.2 Å². The molecule has 0 radical (unpaired) electrons. The molecule has 0 fully saturated rings. The van der Waals surface area contributed by atoms with Gasteiger partial charge in [0.25, 0.3) is 0 Å². The van der Waals surface area contributed by atoms with Gasteiger partial charge in [-0.05, 0) is 42.5 Å². The Labute approximate surface area is 139 Å². The Morgan fingerprint density at radius 1 is 1.30 bits per heavy atom. The molecule has 5 nitrogen and oxygen atoms in total. The third kappa shape index (κ3) is 4.04. The first-order valence-electron chi connectivity index (χ1n) is 7.49. The Kier molecular flexibility index (Phi) is 4.83. The van der Waals surface area contributed by atoms with Crippen molar-refractivity contribution in [1.82, 2.24) is 20.1 Å². The molecule has 1 amide bonds. The van der Waals surface area contributed by atoms with Gasteiger partial charge >= 0.3 is 0 Å². The summed E-state index contributed by atoms with van der Waals surface area (Å²) in [7, 11) is 0. The molecule has 0 saturated heterocycles. The molecule has 0 aliphatic heterocycles. The van der Waals surface area contributed by atoms with Crippen LogP contribution in [0.4, 0.5) is 0 Å². The molecule has 0 bridgehead atoms. The Morgan fingerprint density at radius 2 is 2.13 bits per heavy atom. The maximum absolute atomic E-state index is 12.0. The SMILES string of the molecule is C[C@@H](NC(=O)CCc1cccs1)c1ccc(-n2cncn2)cc1. The molecule has 0 aliphatic rings. The van der Waals surface area contributed by atoms with Gasteiger partial charge in [0.15, 0.2) is 0 Å². The lowest BCUT2D eigenvalue weighted by Gasteiger charge is -2.14. The number of benzene rings is 1. The highest BCUT2D eigenvalue weighted by Gasteiger charge is 2.10. The number of thiophene rings is 1. The Balaban J connectivity index is 1.55. The van der Waals surface area contributed by atoms with Gasteiger partial charge in [-0.25, -0.2) is 9.67 Å². The second-order valence-electron chi connectivity index (χ2n) is 5.30. The highest BCUT2D eigenvalue weighted by Crippen LogP contribution is 2.16. The number of aromatic nitrogens is 3. The van der Waals surface area contributed by atoms with Crippen molar-refractivity contribution in [3.8, 4) is 5.69 Å². The first kappa shape index (κ1) is 15.4. The zero-order valence-electron chi connectivity index (χ0n) is 12.8. The van der Waals surface area contributed by atoms with Crippen LogP contribution in [0.3, 0.4) is 0 Å². The van der Waals surface area contributed by atoms with Crippen molar-refractivity contribution in [3.05, 3.63) is 64.9 Å². The predicted octanol–water partition coefficient (Wildman–Crippen LogP) is 3.14. The van der Waals surface area contributed by atoms with Crippen molar-refractivity contribution in [3.63, 3.8) is 0 Å². The maximum Gasteiger partial charge on any atom is 0.220 e. The molecule has 1 aromatic carbocycles. The molecule has 1 N–H and O–H groups in total. The predicted molar refractivity (Wildman–Crippen MR) is 90.6 cm³/mol. The Hall–Kier alpha value is -2.47. The molecule has 0 aliphatic carbocycles. The van der Waals surface area contributed by atoms with E-state index in [9.17, 15) is 4.79 Å². The summed E-state index contributed by atoms with van der Waals surface area (Å²) in [4.78, 5) is 17.2. The number of hydrogen-bond donors (Lipinski definition) is 1. The lowest BCUT2D eigenvalue weighted by Crippen LogP contribution is -2.26. The van der Waals surface area contributed by atoms with Crippen LogP contribution in [0, 0.1) is 0 Å². The van der Waals surface area contributed by atoms with Gasteiger partial charge in [0.2, 0.25) is 5.91 Å². The van der Waals surface area contributed by atoms with Gasteiger partial charge in [0, 0.05) is 11.3 Å². The minimum absolute atomic E-state index is 0.0179. The lowest BCUT2D eigenvalue weighted by atomic mass is 10.1. The van der Waals surface area contributed by atoms with Gasteiger partial charge in [-0.2, -0.15) is 5.10 Å². The zero-order valence-corrected chi connectivity index (χ0v) is 13.7. The fourth-order valence-electron chi connectivity index (χ4n) is 2.35. The van der Waals surface area contributed by atoms with Crippen molar-refractivity contribution in [2.24, 2.45) is 0 Å². The topological polar surface area (TPSA) is 59.8 Å². The highest BCUT2D eigenvalue weighted by atomic mass is 32.1. The van der Waals surface area contributed by atoms with E-state index in [2.05, 4.69) is 21.5 Å². The number of carbonyl (C=O) groups is 1. The van der Waals surface area contributed by atoms with Gasteiger partial charge in [0.05, 0.1) is 11.7 Å². The van der Waals surface area contributed by atoms with E-state index in [1.165, 1.54) is 11.2 Å². The molecule has 23 heavy (non-hydrogen) atoms. The van der Waals surface area contributed by atoms with E-state index >= 15 is 0 Å². The summed E-state index contributed by atoms with van der Waals surface area (Å²) in [5, 5.41) is 9.17. The molecule has 2 aromatic heterocycles. The number of amides is 1. The number of aryl methyl sites for hydroxylation is 1. The molecule has 0 saturated carbocycles. The number of hydrogen-bond acceptors (Lipinski definition) is 4. The Bertz CT molecular complexity index is 736. The van der Waals surface area contributed by atoms with Crippen molar-refractivity contribution < 1.29 is 4.79 Å². The van der Waals surface area contributed by atoms with E-state index in [0.717, 1.165) is 17.7 Å². The van der Waals surface area contributed by atoms with E-state index in [-0.39, 0.29) is 11.9 Å². The molecule has 0 spiro atoms. The average molecular weight is 326 g/mol. The smallest absolute Gasteiger partial charge is 0.220 e. The quantitative estimate of drug-likeness (QED) is 0.757. The van der Waals surface area contributed by atoms with Crippen LogP contribution in [0.2, 0.25) is 0 Å². The third-order valence-electron chi connectivity index (χ3n) is 3.63. The van der Waals surface area contributed by atoms with E-state index in [0.29, 0.717) is 6.42 Å². The molecular weight excluding hydrogens is 308 g/mol. The maximum atomic E-state index is 12.0. The van der Waals surface area contributed by atoms with Gasteiger partial charge in [-0.3, -0.25) is 4.79 Å². The molecule has 3 aromatic rings. The van der Waals surface area contributed by atoms with Crippen molar-refractivity contribution in [2.45, 2.75) is 25.8 Å². The summed E-state index contributed by atoms with van der Waals surface area (Å²) >= 11 is 1.69. The standard InChI is InChI=1S/C17H18N4OS/c1-13(20-17(22)9-8-16-3-2-10-23-16)14-4-6-15(7-5-14)21-12-18-11-19-21/h2-7,10-13H,8-9H2,1H3,(H,20,22)/t13-/m1/s1. The first-order chi connectivity index (χ1) is 11.2. The first-order valence-corrected chi connectivity index (χ1v) is 8.37. The molecule has 3 rings (SSSR count). The summed E-state index contributed by atoms with van der Waals surface area (Å²) in [5.74, 6) is 0.0752. The van der Waals surface area contributed by atoms with Crippen LogP contribution in [0.5, 0.6) is 0 Å². The minimum atomic E-state index is -0.0179. The van der Waals surface area contributed by atoms with Gasteiger partial charge in [-0.15, -0.1) is 11.3 Å². The minimum Gasteiger partial charge on any atom is -0.350 e. The van der Waals surface area contributed by atoms with E-state index in [1.807, 2.05) is 42.6 Å². The Morgan fingerprint density at radius 3 is 2.78 bits per heavy atom. The second kappa shape index (κ2) is 7.19. The van der Waals surface area contributed by atoms with Crippen molar-refractivity contribution in [2.75, 3.05) is 0 Å². The van der Waals surface area contributed by atoms with Crippen LogP contribution in [-0.4, -0.2) is 20.7 Å². The van der Waals surface area contributed by atoms with Crippen LogP contribution in [0.25, 0.3) is 5.69 Å². The van der Waals surface area contributed by atoms with Crippen LogP contribution >= 0.6 is 11.3 Å². The normalized spacial score (nSPS) is 12.0. The second-order valence-corrected chi connectivity index (χ2v) is 6.33. The van der Waals surface area contributed by atoms with Gasteiger partial charge < -0.3 is 5.32 Å². The van der Waals surface area contributed by atoms with Crippen molar-refractivity contribution >= 4 is 17.2 Å². The largest absolute Gasteiger partial charge is 0.350 e. The van der Waals surface area contributed by atoms with Crippen molar-refractivity contribution in [1.29, 1.82) is 0 Å². The summed E-state index contributed by atoms with van der Waals surface area (Å²) in [6.07, 6.45) is 4.47. The van der Waals surface area contributed by atoms with Gasteiger partial charge in [0.1, 0.15) is 12.7 Å². The molecule has 0 unspecified atom stereocenters. The molecular formula is C17H18N4OS. The number of nitrogens with zero attached hydrogens (tertiary/aromatic N) is 3. The number of carbonyl (C=O) groups excluding carboxylic acids is 1. The molecule has 1 atom stereocenters. The molecule has 6 heteroatoms. The third-order valence-corrected chi connectivity index (χ3v) is 4.57. The number of nitrogens with one attached hydrogen (secondary N) is 1. The van der Waals surface area contributed by atoms with E-state index in [1.54, 1.807) is 22.3 Å². The highest BCUT2D eigenvalue weighted by molar-refractivity contribution is 7.09. The van der Waals surface area contributed by atoms with Crippen LogP contribution in [0.15, 0.2) is 54.4 Å². The fourth-order valence-corrected chi connectivity index (χ4v) is 3.05. The summed E-state index contributed by atoms with van der Waals surface area (Å²) in [5.41, 5.74) is 2.01. The van der Waals surface area contributed by atoms with E-state index < -0.39 is 0 Å². The average Bonchev–Trinajstić information content (AvgIpc) is 3.26. The lowest BCUT2D eigenvalue weighted by molar-refractivity contribution is -0.121. The summed E-state index contributed by atoms with van der Waals surface area (Å²) < 4.78 is 1.70. The molecule has 118 valence electrons. The molecule has 2 heterocycles. The van der Waals surface area contributed by atoms with E-state index in [4.69, 9.17) is 0 Å². The zero-order chi connectivity index (χ0) is 16.1. The number of rotatable bonds is 6. The monoisotopic (exact) mass is 326 g/mol. The summed E-state index contributed by atoms with van der Waals surface area (Å²) in [6, 6.07) is 12.0. The summed E-state index contributed by atoms with van der Waals surface area (Å²) in [6.45, 7) is 1.99. The van der Waals surface area contributed by atoms with Crippen LogP contribution in [0.1, 0.15) is 29.8 Å². The van der Waals surface area contributed by atoms with Crippen LogP contribution < -0.4 is 5.32 Å².